The molecule has 0 fully saturated rings. The van der Waals surface area contributed by atoms with Crippen molar-refractivity contribution in [2.24, 2.45) is 0 Å². The number of ether oxygens (including phenoxy) is 6. The maximum Gasteiger partial charge on any atom is 0.350 e. The van der Waals surface area contributed by atoms with E-state index in [-0.39, 0.29) is 11.9 Å². The summed E-state index contributed by atoms with van der Waals surface area (Å²) in [7, 11) is 2.78. The van der Waals surface area contributed by atoms with Crippen molar-refractivity contribution in [3.8, 4) is 11.5 Å². The molecule has 0 aromatic heterocycles. The van der Waals surface area contributed by atoms with Crippen molar-refractivity contribution in [3.05, 3.63) is 57.2 Å². The van der Waals surface area contributed by atoms with Gasteiger partial charge in [0.05, 0.1) is 17.8 Å². The number of carbonyl (C=O) groups is 4. The Labute approximate surface area is 306 Å². The van der Waals surface area contributed by atoms with E-state index in [2.05, 4.69) is 32.1 Å². The zero-order valence-electron chi connectivity index (χ0n) is 31.2. The summed E-state index contributed by atoms with van der Waals surface area (Å²) in [6.45, 7) is 17.7. The predicted octanol–water partition coefficient (Wildman–Crippen LogP) is 7.97. The fourth-order valence-electron chi connectivity index (χ4n) is 4.04. The van der Waals surface area contributed by atoms with E-state index in [9.17, 15) is 19.2 Å². The van der Waals surface area contributed by atoms with Gasteiger partial charge in [0, 0.05) is 12.8 Å². The molecule has 11 heteroatoms. The predicted molar refractivity (Wildman–Crippen MR) is 197 cm³/mol. The first-order valence-corrected chi connectivity index (χ1v) is 17.4. The Kier molecular flexibility index (Phi) is 17.1. The minimum absolute atomic E-state index is 0.200. The number of methoxy groups -OCH3 is 2. The Morgan fingerprint density at radius 2 is 1.00 bits per heavy atom. The van der Waals surface area contributed by atoms with Gasteiger partial charge in [-0.15, -0.1) is 0 Å². The van der Waals surface area contributed by atoms with E-state index in [4.69, 9.17) is 18.9 Å². The number of hydrogen-bond acceptors (Lipinski definition) is 10. The Hall–Kier alpha value is -3.35. The average Bonchev–Trinajstić information content (AvgIpc) is 2.97. The van der Waals surface area contributed by atoms with Crippen LogP contribution >= 0.6 is 22.6 Å². The van der Waals surface area contributed by atoms with E-state index in [0.29, 0.717) is 24.3 Å². The maximum absolute atomic E-state index is 12.3. The second-order valence-electron chi connectivity index (χ2n) is 14.5. The van der Waals surface area contributed by atoms with Crippen molar-refractivity contribution in [1.82, 2.24) is 0 Å². The quantitative estimate of drug-likeness (QED) is 0.106. The zero-order chi connectivity index (χ0) is 37.6. The highest BCUT2D eigenvalue weighted by Crippen LogP contribution is 2.28. The number of halogens is 1. The molecule has 49 heavy (non-hydrogen) atoms. The van der Waals surface area contributed by atoms with E-state index < -0.39 is 34.3 Å². The van der Waals surface area contributed by atoms with Crippen molar-refractivity contribution in [1.29, 1.82) is 0 Å². The monoisotopic (exact) mass is 798 g/mol. The number of hydrogen-bond donors (Lipinski definition) is 0. The van der Waals surface area contributed by atoms with Crippen LogP contribution in [0.3, 0.4) is 0 Å². The van der Waals surface area contributed by atoms with Gasteiger partial charge >= 0.3 is 23.9 Å². The van der Waals surface area contributed by atoms with Gasteiger partial charge in [0.25, 0.3) is 0 Å². The van der Waals surface area contributed by atoms with Crippen molar-refractivity contribution in [2.45, 2.75) is 130 Å². The van der Waals surface area contributed by atoms with Gasteiger partial charge in [-0.2, -0.15) is 0 Å². The number of aryl methyl sites for hydroxylation is 2. The lowest BCUT2D eigenvalue weighted by Crippen LogP contribution is -2.43. The second-order valence-corrected chi connectivity index (χ2v) is 15.7. The van der Waals surface area contributed by atoms with Gasteiger partial charge in [0.2, 0.25) is 0 Å². The summed E-state index contributed by atoms with van der Waals surface area (Å²) in [5, 5.41) is 0. The average molecular weight is 799 g/mol. The van der Waals surface area contributed by atoms with Gasteiger partial charge < -0.3 is 28.4 Å². The van der Waals surface area contributed by atoms with E-state index in [1.165, 1.54) is 14.2 Å². The molecule has 0 amide bonds. The topological polar surface area (TPSA) is 124 Å². The smallest absolute Gasteiger partial charge is 0.350 e. The van der Waals surface area contributed by atoms with Crippen LogP contribution in [0.25, 0.3) is 0 Å². The largest absolute Gasteiger partial charge is 0.476 e. The molecule has 2 aromatic rings. The van der Waals surface area contributed by atoms with E-state index in [1.54, 1.807) is 27.7 Å². The molecule has 0 aliphatic rings. The molecule has 0 heterocycles. The number of esters is 4. The van der Waals surface area contributed by atoms with Crippen LogP contribution in [0, 0.1) is 3.57 Å². The summed E-state index contributed by atoms with van der Waals surface area (Å²) < 4.78 is 32.6. The summed E-state index contributed by atoms with van der Waals surface area (Å²) in [5.41, 5.74) is -1.06. The first-order chi connectivity index (χ1) is 22.5. The molecule has 2 aromatic carbocycles. The van der Waals surface area contributed by atoms with Crippen LogP contribution in [-0.2, 0) is 51.0 Å². The molecule has 2 rings (SSSR count). The van der Waals surface area contributed by atoms with Gasteiger partial charge in [-0.05, 0) is 153 Å². The number of carbonyl (C=O) groups excluding carboxylic acids is 4. The minimum atomic E-state index is -1.08. The lowest BCUT2D eigenvalue weighted by atomic mass is 10.1. The van der Waals surface area contributed by atoms with Crippen LogP contribution in [0.1, 0.15) is 106 Å². The normalized spacial score (nSPS) is 11.8. The van der Waals surface area contributed by atoms with Crippen LogP contribution in [-0.4, -0.2) is 60.5 Å². The maximum atomic E-state index is 12.3. The third-order valence-electron chi connectivity index (χ3n) is 6.59. The molecule has 0 atom stereocenters. The molecule has 0 radical (unpaired) electrons. The molecular weight excluding hydrogens is 743 g/mol. The molecule has 0 bridgehead atoms. The highest BCUT2D eigenvalue weighted by Gasteiger charge is 2.36. The van der Waals surface area contributed by atoms with Gasteiger partial charge in [-0.1, -0.05) is 18.2 Å². The lowest BCUT2D eigenvalue weighted by Gasteiger charge is -2.29. The van der Waals surface area contributed by atoms with Crippen molar-refractivity contribution < 1.29 is 47.6 Å². The zero-order valence-corrected chi connectivity index (χ0v) is 33.4. The molecule has 0 saturated carbocycles. The molecule has 10 nitrogen and oxygen atoms in total. The Morgan fingerprint density at radius 1 is 0.592 bits per heavy atom. The molecule has 0 unspecified atom stereocenters. The fraction of sp³-hybridized carbons (Fsp3) is 0.579. The molecule has 0 aliphatic carbocycles. The highest BCUT2D eigenvalue weighted by molar-refractivity contribution is 14.1. The van der Waals surface area contributed by atoms with Crippen molar-refractivity contribution >= 4 is 46.5 Å². The van der Waals surface area contributed by atoms with Crippen LogP contribution in [0.4, 0.5) is 0 Å². The van der Waals surface area contributed by atoms with Gasteiger partial charge in [-0.3, -0.25) is 9.59 Å². The first-order valence-electron chi connectivity index (χ1n) is 16.3. The van der Waals surface area contributed by atoms with Gasteiger partial charge in [0.1, 0.15) is 22.7 Å². The first kappa shape index (κ1) is 43.7. The Bertz CT molecular complexity index is 1380. The summed E-state index contributed by atoms with van der Waals surface area (Å²) >= 11 is 2.18. The fourth-order valence-corrected chi connectivity index (χ4v) is 4.73. The summed E-state index contributed by atoms with van der Waals surface area (Å²) in [5.74, 6) is 0.0219. The minimum Gasteiger partial charge on any atom is -0.476 e. The molecule has 0 aliphatic heterocycles. The molecule has 274 valence electrons. The summed E-state index contributed by atoms with van der Waals surface area (Å²) in [6.07, 6.45) is 3.83. The van der Waals surface area contributed by atoms with E-state index in [1.807, 2.05) is 84.0 Å². The molecular formula is C38H55IO10. The highest BCUT2D eigenvalue weighted by atomic mass is 127. The van der Waals surface area contributed by atoms with Crippen LogP contribution in [0.15, 0.2) is 42.5 Å². The van der Waals surface area contributed by atoms with Crippen LogP contribution < -0.4 is 9.47 Å². The second kappa shape index (κ2) is 19.2. The van der Waals surface area contributed by atoms with Crippen molar-refractivity contribution in [2.75, 3.05) is 14.2 Å². The van der Waals surface area contributed by atoms with E-state index >= 15 is 0 Å². The van der Waals surface area contributed by atoms with Gasteiger partial charge in [0.15, 0.2) is 11.2 Å². The standard InChI is InChI=1S/C19H27IO5.C19H28O5/c1-18(2,3)25-17(22)19(4,5)24-15-11-10-13(12-14(15)20)8-7-9-16(21)23-6;1-18(2,3)24-17(21)19(4,5)23-15-12-10-14(11-13-15)8-7-9-16(20)22-6/h10-12H,7-9H2,1-6H3;10-13H,7-9H2,1-6H3. The number of rotatable bonds is 14. The SMILES string of the molecule is COC(=O)CCCc1ccc(OC(C)(C)C(=O)OC(C)(C)C)c(I)c1.COC(=O)CCCc1ccc(OC(C)(C)C(=O)OC(C)(C)C)cc1. The van der Waals surface area contributed by atoms with Crippen LogP contribution in [0.5, 0.6) is 11.5 Å². The van der Waals surface area contributed by atoms with E-state index in [0.717, 1.165) is 40.4 Å². The van der Waals surface area contributed by atoms with Gasteiger partial charge in [-0.25, -0.2) is 9.59 Å². The molecule has 0 saturated heterocycles. The Morgan fingerprint density at radius 3 is 1.41 bits per heavy atom. The third kappa shape index (κ3) is 17.7. The summed E-state index contributed by atoms with van der Waals surface area (Å²) in [4.78, 5) is 46.7. The third-order valence-corrected chi connectivity index (χ3v) is 7.43. The van der Waals surface area contributed by atoms with Crippen molar-refractivity contribution in [3.63, 3.8) is 0 Å². The van der Waals surface area contributed by atoms with Crippen LogP contribution in [0.2, 0.25) is 0 Å². The number of benzene rings is 2. The molecule has 0 N–H and O–H groups in total. The molecule has 0 spiro atoms. The summed E-state index contributed by atoms with van der Waals surface area (Å²) in [6, 6.07) is 13.3. The Balaban J connectivity index is 0.000000490. The lowest BCUT2D eigenvalue weighted by molar-refractivity contribution is -0.171.